The summed E-state index contributed by atoms with van der Waals surface area (Å²) in [5.74, 6) is -1.19. The van der Waals surface area contributed by atoms with Crippen molar-refractivity contribution in [2.45, 2.75) is 13.8 Å². The predicted molar refractivity (Wildman–Crippen MR) is 109 cm³/mol. The van der Waals surface area contributed by atoms with E-state index in [-0.39, 0.29) is 26.5 Å². The summed E-state index contributed by atoms with van der Waals surface area (Å²) in [5, 5.41) is 0.00420. The molecule has 0 saturated heterocycles. The van der Waals surface area contributed by atoms with Gasteiger partial charge in [-0.25, -0.2) is 9.78 Å². The predicted octanol–water partition coefficient (Wildman–Crippen LogP) is 5.49. The van der Waals surface area contributed by atoms with Gasteiger partial charge in [0.2, 0.25) is 5.78 Å². The van der Waals surface area contributed by atoms with Gasteiger partial charge in [0.25, 0.3) is 0 Å². The van der Waals surface area contributed by atoms with E-state index in [4.69, 9.17) is 39.5 Å². The molecule has 3 rings (SSSR count). The van der Waals surface area contributed by atoms with Crippen molar-refractivity contribution < 1.29 is 14.3 Å². The molecule has 0 spiro atoms. The lowest BCUT2D eigenvalue weighted by Crippen LogP contribution is -2.16. The normalized spacial score (nSPS) is 10.8. The minimum absolute atomic E-state index is 0.00279. The van der Waals surface area contributed by atoms with Gasteiger partial charge in [-0.3, -0.25) is 4.79 Å². The fraction of sp³-hybridized carbons (Fsp3) is 0.150. The van der Waals surface area contributed by atoms with Crippen molar-refractivity contribution in [2.75, 3.05) is 6.61 Å². The van der Waals surface area contributed by atoms with Gasteiger partial charge in [-0.05, 0) is 32.0 Å². The van der Waals surface area contributed by atoms with Crippen LogP contribution in [-0.2, 0) is 4.74 Å². The number of benzene rings is 1. The molecule has 0 saturated carbocycles. The lowest BCUT2D eigenvalue weighted by Gasteiger charge is -2.10. The highest BCUT2D eigenvalue weighted by Crippen LogP contribution is 2.31. The zero-order valence-electron chi connectivity index (χ0n) is 15.0. The summed E-state index contributed by atoms with van der Waals surface area (Å²) in [5.41, 5.74) is 2.88. The maximum atomic E-state index is 12.6. The van der Waals surface area contributed by atoms with Crippen molar-refractivity contribution in [1.82, 2.24) is 9.55 Å². The monoisotopic (exact) mass is 436 g/mol. The van der Waals surface area contributed by atoms with Crippen LogP contribution in [0.25, 0.3) is 5.69 Å². The first-order valence-electron chi connectivity index (χ1n) is 8.25. The lowest BCUT2D eigenvalue weighted by atomic mass is 10.1. The maximum absolute atomic E-state index is 12.6. The summed E-state index contributed by atoms with van der Waals surface area (Å²) in [6, 6.07) is 11.4. The third kappa shape index (κ3) is 3.92. The second-order valence-electron chi connectivity index (χ2n) is 6.04. The molecule has 0 aliphatic heterocycles. The Morgan fingerprint density at radius 3 is 2.43 bits per heavy atom. The van der Waals surface area contributed by atoms with Crippen LogP contribution in [0.3, 0.4) is 0 Å². The zero-order valence-corrected chi connectivity index (χ0v) is 17.3. The number of carbonyl (C=O) groups excluding carboxylic acids is 2. The minimum atomic E-state index is -0.853. The fourth-order valence-electron chi connectivity index (χ4n) is 2.88. The van der Waals surface area contributed by atoms with Gasteiger partial charge < -0.3 is 9.30 Å². The molecule has 2 aromatic heterocycles. The third-order valence-corrected chi connectivity index (χ3v) is 5.43. The summed E-state index contributed by atoms with van der Waals surface area (Å²) in [7, 11) is 0. The maximum Gasteiger partial charge on any atom is 0.358 e. The summed E-state index contributed by atoms with van der Waals surface area (Å²) in [6.07, 6.45) is 1.20. The molecule has 0 aliphatic carbocycles. The summed E-state index contributed by atoms with van der Waals surface area (Å²) < 4.78 is 7.05. The van der Waals surface area contributed by atoms with E-state index in [1.54, 1.807) is 6.07 Å². The number of pyridine rings is 1. The van der Waals surface area contributed by atoms with Crippen LogP contribution in [0.5, 0.6) is 0 Å². The molecule has 28 heavy (non-hydrogen) atoms. The van der Waals surface area contributed by atoms with Crippen LogP contribution in [0.1, 0.15) is 32.2 Å². The van der Waals surface area contributed by atoms with E-state index in [2.05, 4.69) is 4.98 Å². The number of ether oxygens (including phenoxy) is 1. The number of Topliss-reactive ketones (excluding diaryl/α,β-unsaturated/α-hetero) is 1. The first-order valence-corrected chi connectivity index (χ1v) is 9.38. The van der Waals surface area contributed by atoms with Gasteiger partial charge in [0.1, 0.15) is 0 Å². The number of carbonyl (C=O) groups is 2. The van der Waals surface area contributed by atoms with Gasteiger partial charge in [0, 0.05) is 28.8 Å². The van der Waals surface area contributed by atoms with Gasteiger partial charge in [0.15, 0.2) is 12.3 Å². The Bertz CT molecular complexity index is 1060. The molecule has 0 radical (unpaired) electrons. The van der Waals surface area contributed by atoms with Crippen LogP contribution in [0.2, 0.25) is 15.1 Å². The number of halogens is 3. The van der Waals surface area contributed by atoms with Crippen molar-refractivity contribution in [3.63, 3.8) is 0 Å². The molecule has 3 aromatic rings. The largest absolute Gasteiger partial charge is 0.453 e. The molecule has 0 aliphatic rings. The van der Waals surface area contributed by atoms with Gasteiger partial charge in [-0.1, -0.05) is 53.0 Å². The van der Waals surface area contributed by atoms with Crippen LogP contribution >= 0.6 is 34.8 Å². The first kappa shape index (κ1) is 20.4. The first-order chi connectivity index (χ1) is 13.3. The average Bonchev–Trinajstić information content (AvgIpc) is 2.99. The van der Waals surface area contributed by atoms with E-state index in [1.165, 1.54) is 6.20 Å². The molecule has 0 atom stereocenters. The van der Waals surface area contributed by atoms with Gasteiger partial charge >= 0.3 is 5.97 Å². The summed E-state index contributed by atoms with van der Waals surface area (Å²) in [4.78, 5) is 28.7. The average molecular weight is 438 g/mol. The number of hydrogen-bond donors (Lipinski definition) is 0. The standard InChI is InChI=1S/C20H15Cl3N2O3/c1-11-8-14(12(2)25(11)13-6-4-3-5-7-13)16(26)10-28-20(27)19-18(23)17(22)15(21)9-24-19/h3-9H,10H2,1-2H3. The lowest BCUT2D eigenvalue weighted by molar-refractivity contribution is 0.0469. The van der Waals surface area contributed by atoms with Crippen LogP contribution < -0.4 is 0 Å². The van der Waals surface area contributed by atoms with Crippen LogP contribution in [0, 0.1) is 13.8 Å². The third-order valence-electron chi connectivity index (χ3n) is 4.19. The van der Waals surface area contributed by atoms with E-state index in [9.17, 15) is 9.59 Å². The van der Waals surface area contributed by atoms with Gasteiger partial charge in [-0.2, -0.15) is 0 Å². The highest BCUT2D eigenvalue weighted by atomic mass is 35.5. The number of hydrogen-bond acceptors (Lipinski definition) is 4. The molecular formula is C20H15Cl3N2O3. The molecular weight excluding hydrogens is 423 g/mol. The van der Waals surface area contributed by atoms with Gasteiger partial charge in [-0.15, -0.1) is 0 Å². The summed E-state index contributed by atoms with van der Waals surface area (Å²) >= 11 is 17.7. The fourth-order valence-corrected chi connectivity index (χ4v) is 3.44. The Morgan fingerprint density at radius 1 is 1.07 bits per heavy atom. The molecule has 5 nitrogen and oxygen atoms in total. The van der Waals surface area contributed by atoms with Crippen molar-refractivity contribution in [3.8, 4) is 5.69 Å². The van der Waals surface area contributed by atoms with Gasteiger partial charge in [0.05, 0.1) is 15.1 Å². The Hall–Kier alpha value is -2.34. The smallest absolute Gasteiger partial charge is 0.358 e. The number of aryl methyl sites for hydroxylation is 1. The van der Waals surface area contributed by atoms with E-state index in [0.717, 1.165) is 17.1 Å². The van der Waals surface area contributed by atoms with Crippen LogP contribution in [0.15, 0.2) is 42.6 Å². The number of para-hydroxylation sites is 1. The van der Waals surface area contributed by atoms with Crippen LogP contribution in [-0.4, -0.2) is 27.9 Å². The second-order valence-corrected chi connectivity index (χ2v) is 7.20. The van der Waals surface area contributed by atoms with E-state index >= 15 is 0 Å². The molecule has 0 fully saturated rings. The SMILES string of the molecule is Cc1cc(C(=O)COC(=O)c2ncc(Cl)c(Cl)c2Cl)c(C)n1-c1ccccc1. The molecule has 0 amide bonds. The number of aromatic nitrogens is 2. The molecule has 0 bridgehead atoms. The summed E-state index contributed by atoms with van der Waals surface area (Å²) in [6.45, 7) is 3.30. The topological polar surface area (TPSA) is 61.2 Å². The highest BCUT2D eigenvalue weighted by Gasteiger charge is 2.22. The number of rotatable bonds is 5. The second kappa shape index (κ2) is 8.35. The Labute approximate surface area is 176 Å². The number of esters is 1. The number of ketones is 1. The minimum Gasteiger partial charge on any atom is -0.453 e. The van der Waals surface area contributed by atoms with Crippen molar-refractivity contribution in [1.29, 1.82) is 0 Å². The number of nitrogens with zero attached hydrogens (tertiary/aromatic N) is 2. The van der Waals surface area contributed by atoms with E-state index in [0.29, 0.717) is 5.56 Å². The quantitative estimate of drug-likeness (QED) is 0.391. The molecule has 0 N–H and O–H groups in total. The molecule has 2 heterocycles. The zero-order chi connectivity index (χ0) is 20.4. The highest BCUT2D eigenvalue weighted by molar-refractivity contribution is 6.48. The van der Waals surface area contributed by atoms with E-state index < -0.39 is 12.6 Å². The van der Waals surface area contributed by atoms with Crippen molar-refractivity contribution in [3.05, 3.63) is 80.3 Å². The molecule has 144 valence electrons. The van der Waals surface area contributed by atoms with Crippen molar-refractivity contribution >= 4 is 46.6 Å². The van der Waals surface area contributed by atoms with Crippen LogP contribution in [0.4, 0.5) is 0 Å². The Morgan fingerprint density at radius 2 is 1.75 bits per heavy atom. The molecule has 0 unspecified atom stereocenters. The molecule has 8 heteroatoms. The Kier molecular flexibility index (Phi) is 6.08. The molecule has 1 aromatic carbocycles. The van der Waals surface area contributed by atoms with Crippen molar-refractivity contribution in [2.24, 2.45) is 0 Å². The van der Waals surface area contributed by atoms with E-state index in [1.807, 2.05) is 48.7 Å². The Balaban J connectivity index is 1.78.